The van der Waals surface area contributed by atoms with Crippen LogP contribution in [0.5, 0.6) is 0 Å². The molecule has 1 fully saturated rings. The van der Waals surface area contributed by atoms with Crippen molar-refractivity contribution in [2.75, 3.05) is 6.54 Å². The molecule has 1 N–H and O–H groups in total. The zero-order chi connectivity index (χ0) is 13.2. The molecule has 0 aromatic heterocycles. The summed E-state index contributed by atoms with van der Waals surface area (Å²) >= 11 is 0. The Morgan fingerprint density at radius 2 is 1.56 bits per heavy atom. The van der Waals surface area contributed by atoms with Crippen molar-refractivity contribution >= 4 is 0 Å². The Kier molecular flexibility index (Phi) is 8.75. The van der Waals surface area contributed by atoms with E-state index in [2.05, 4.69) is 26.1 Å². The van der Waals surface area contributed by atoms with Crippen LogP contribution in [0, 0.1) is 11.8 Å². The molecule has 0 aromatic rings. The van der Waals surface area contributed by atoms with E-state index in [0.717, 1.165) is 17.9 Å². The van der Waals surface area contributed by atoms with Gasteiger partial charge < -0.3 is 5.32 Å². The SMILES string of the molecule is CCCCCCCCCC(CNC1CC1)C(C)C. The smallest absolute Gasteiger partial charge is 0.00683 e. The third-order valence-electron chi connectivity index (χ3n) is 4.37. The quantitative estimate of drug-likeness (QED) is 0.474. The van der Waals surface area contributed by atoms with Gasteiger partial charge in [-0.3, -0.25) is 0 Å². The molecule has 0 bridgehead atoms. The Bertz CT molecular complexity index is 184. The molecule has 0 aliphatic heterocycles. The Morgan fingerprint density at radius 3 is 2.11 bits per heavy atom. The van der Waals surface area contributed by atoms with Gasteiger partial charge in [-0.25, -0.2) is 0 Å². The van der Waals surface area contributed by atoms with Crippen LogP contribution >= 0.6 is 0 Å². The molecule has 1 nitrogen and oxygen atoms in total. The van der Waals surface area contributed by atoms with Crippen LogP contribution in [0.4, 0.5) is 0 Å². The Labute approximate surface area is 115 Å². The van der Waals surface area contributed by atoms with Crippen LogP contribution in [-0.4, -0.2) is 12.6 Å². The van der Waals surface area contributed by atoms with Crippen LogP contribution in [0.1, 0.15) is 85.0 Å². The third kappa shape index (κ3) is 8.13. The van der Waals surface area contributed by atoms with E-state index in [4.69, 9.17) is 0 Å². The zero-order valence-electron chi connectivity index (χ0n) is 13.0. The summed E-state index contributed by atoms with van der Waals surface area (Å²) in [5.41, 5.74) is 0. The fourth-order valence-electron chi connectivity index (χ4n) is 2.64. The lowest BCUT2D eigenvalue weighted by Gasteiger charge is -2.21. The average molecular weight is 253 g/mol. The van der Waals surface area contributed by atoms with E-state index in [-0.39, 0.29) is 0 Å². The van der Waals surface area contributed by atoms with Crippen molar-refractivity contribution in [1.82, 2.24) is 5.32 Å². The van der Waals surface area contributed by atoms with Crippen LogP contribution < -0.4 is 5.32 Å². The van der Waals surface area contributed by atoms with Gasteiger partial charge in [-0.2, -0.15) is 0 Å². The van der Waals surface area contributed by atoms with E-state index < -0.39 is 0 Å². The van der Waals surface area contributed by atoms with Gasteiger partial charge in [0.05, 0.1) is 0 Å². The molecule has 1 rings (SSSR count). The van der Waals surface area contributed by atoms with Gasteiger partial charge >= 0.3 is 0 Å². The van der Waals surface area contributed by atoms with Crippen LogP contribution in [-0.2, 0) is 0 Å². The number of nitrogens with one attached hydrogen (secondary N) is 1. The maximum atomic E-state index is 3.71. The Balaban J connectivity index is 1.95. The predicted molar refractivity (Wildman–Crippen MR) is 82.0 cm³/mol. The summed E-state index contributed by atoms with van der Waals surface area (Å²) in [6.45, 7) is 8.33. The molecule has 0 aromatic carbocycles. The highest BCUT2D eigenvalue weighted by Gasteiger charge is 2.22. The minimum absolute atomic E-state index is 0.844. The first-order valence-corrected chi connectivity index (χ1v) is 8.47. The van der Waals surface area contributed by atoms with Gasteiger partial charge in [-0.05, 0) is 37.6 Å². The summed E-state index contributed by atoms with van der Waals surface area (Å²) in [5.74, 6) is 1.75. The van der Waals surface area contributed by atoms with Crippen molar-refractivity contribution < 1.29 is 0 Å². The Morgan fingerprint density at radius 1 is 0.944 bits per heavy atom. The third-order valence-corrected chi connectivity index (χ3v) is 4.37. The molecular formula is C17H35N. The monoisotopic (exact) mass is 253 g/mol. The molecule has 1 saturated carbocycles. The average Bonchev–Trinajstić information content (AvgIpc) is 3.15. The fraction of sp³-hybridized carbons (Fsp3) is 1.00. The van der Waals surface area contributed by atoms with E-state index in [1.807, 2.05) is 0 Å². The van der Waals surface area contributed by atoms with Gasteiger partial charge in [0, 0.05) is 6.04 Å². The first-order valence-electron chi connectivity index (χ1n) is 8.47. The van der Waals surface area contributed by atoms with Crippen molar-refractivity contribution in [2.45, 2.75) is 91.0 Å². The molecular weight excluding hydrogens is 218 g/mol. The van der Waals surface area contributed by atoms with E-state index in [1.54, 1.807) is 0 Å². The molecule has 0 saturated heterocycles. The summed E-state index contributed by atoms with van der Waals surface area (Å²) in [6.07, 6.45) is 14.3. The molecule has 1 unspecified atom stereocenters. The molecule has 1 atom stereocenters. The molecule has 1 aliphatic rings. The van der Waals surface area contributed by atoms with Crippen molar-refractivity contribution in [3.05, 3.63) is 0 Å². The maximum Gasteiger partial charge on any atom is 0.00683 e. The van der Waals surface area contributed by atoms with Crippen molar-refractivity contribution in [1.29, 1.82) is 0 Å². The number of rotatable bonds is 12. The number of hydrogen-bond acceptors (Lipinski definition) is 1. The molecule has 18 heavy (non-hydrogen) atoms. The van der Waals surface area contributed by atoms with E-state index in [1.165, 1.54) is 70.8 Å². The molecule has 0 radical (unpaired) electrons. The maximum absolute atomic E-state index is 3.71. The fourth-order valence-corrected chi connectivity index (χ4v) is 2.64. The number of unbranched alkanes of at least 4 members (excludes halogenated alkanes) is 6. The lowest BCUT2D eigenvalue weighted by atomic mass is 9.90. The molecule has 1 aliphatic carbocycles. The summed E-state index contributed by atoms with van der Waals surface area (Å²) in [4.78, 5) is 0. The highest BCUT2D eigenvalue weighted by Crippen LogP contribution is 2.23. The van der Waals surface area contributed by atoms with Crippen LogP contribution in [0.3, 0.4) is 0 Å². The van der Waals surface area contributed by atoms with E-state index >= 15 is 0 Å². The van der Waals surface area contributed by atoms with Crippen LogP contribution in [0.25, 0.3) is 0 Å². The van der Waals surface area contributed by atoms with Gasteiger partial charge in [0.2, 0.25) is 0 Å². The molecule has 1 heteroatoms. The van der Waals surface area contributed by atoms with Gasteiger partial charge in [-0.15, -0.1) is 0 Å². The molecule has 0 spiro atoms. The summed E-state index contributed by atoms with van der Waals surface area (Å²) < 4.78 is 0. The second-order valence-corrected chi connectivity index (χ2v) is 6.60. The normalized spacial score (nSPS) is 17.3. The van der Waals surface area contributed by atoms with E-state index in [0.29, 0.717) is 0 Å². The Hall–Kier alpha value is -0.0400. The molecule has 0 heterocycles. The highest BCUT2D eigenvalue weighted by molar-refractivity contribution is 4.82. The number of hydrogen-bond donors (Lipinski definition) is 1. The summed E-state index contributed by atoms with van der Waals surface area (Å²) in [5, 5.41) is 3.71. The predicted octanol–water partition coefficient (Wildman–Crippen LogP) is 5.15. The van der Waals surface area contributed by atoms with Crippen molar-refractivity contribution in [3.8, 4) is 0 Å². The van der Waals surface area contributed by atoms with E-state index in [9.17, 15) is 0 Å². The highest BCUT2D eigenvalue weighted by atomic mass is 14.9. The second kappa shape index (κ2) is 9.83. The van der Waals surface area contributed by atoms with Crippen LogP contribution in [0.2, 0.25) is 0 Å². The topological polar surface area (TPSA) is 12.0 Å². The first kappa shape index (κ1) is 16.0. The van der Waals surface area contributed by atoms with Gasteiger partial charge in [0.25, 0.3) is 0 Å². The first-order chi connectivity index (χ1) is 8.74. The largest absolute Gasteiger partial charge is 0.314 e. The summed E-state index contributed by atoms with van der Waals surface area (Å²) in [7, 11) is 0. The second-order valence-electron chi connectivity index (χ2n) is 6.60. The molecule has 0 amide bonds. The standard InChI is InChI=1S/C17H35N/c1-4-5-6-7-8-9-10-11-16(15(2)3)14-18-17-12-13-17/h15-18H,4-14H2,1-3H3. The molecule has 108 valence electrons. The van der Waals surface area contributed by atoms with Crippen molar-refractivity contribution in [3.63, 3.8) is 0 Å². The van der Waals surface area contributed by atoms with Crippen LogP contribution in [0.15, 0.2) is 0 Å². The van der Waals surface area contributed by atoms with Gasteiger partial charge in [-0.1, -0.05) is 65.7 Å². The van der Waals surface area contributed by atoms with Gasteiger partial charge in [0.15, 0.2) is 0 Å². The van der Waals surface area contributed by atoms with Crippen molar-refractivity contribution in [2.24, 2.45) is 11.8 Å². The zero-order valence-corrected chi connectivity index (χ0v) is 13.0. The minimum atomic E-state index is 0.844. The summed E-state index contributed by atoms with van der Waals surface area (Å²) in [6, 6.07) is 0.875. The lowest BCUT2D eigenvalue weighted by Crippen LogP contribution is -2.27. The van der Waals surface area contributed by atoms with Gasteiger partial charge in [0.1, 0.15) is 0 Å². The lowest BCUT2D eigenvalue weighted by molar-refractivity contribution is 0.327. The minimum Gasteiger partial charge on any atom is -0.314 e.